The van der Waals surface area contributed by atoms with Crippen molar-refractivity contribution < 1.29 is 17.9 Å². The molecule has 0 spiro atoms. The first-order valence-corrected chi connectivity index (χ1v) is 11.9. The van der Waals surface area contributed by atoms with E-state index in [0.29, 0.717) is 31.2 Å². The van der Waals surface area contributed by atoms with Gasteiger partial charge in [0.15, 0.2) is 0 Å². The maximum Gasteiger partial charge on any atom is 0.243 e. The average molecular weight is 429 g/mol. The van der Waals surface area contributed by atoms with Crippen LogP contribution in [0, 0.1) is 11.8 Å². The molecule has 0 aliphatic carbocycles. The molecule has 6 nitrogen and oxygen atoms in total. The lowest BCUT2D eigenvalue weighted by Gasteiger charge is -2.36. The minimum Gasteiger partial charge on any atom is -0.492 e. The number of sulfonamides is 1. The number of halogens is 1. The maximum absolute atomic E-state index is 13.1. The second-order valence-electron chi connectivity index (χ2n) is 7.74. The van der Waals surface area contributed by atoms with Crippen LogP contribution < -0.4 is 4.74 Å². The molecule has 1 aromatic carbocycles. The lowest BCUT2D eigenvalue weighted by atomic mass is 9.94. The van der Waals surface area contributed by atoms with Crippen molar-refractivity contribution in [2.45, 2.75) is 44.4 Å². The lowest BCUT2D eigenvalue weighted by Crippen LogP contribution is -2.48. The Morgan fingerprint density at radius 3 is 2.57 bits per heavy atom. The van der Waals surface area contributed by atoms with Crippen LogP contribution in [0.1, 0.15) is 39.5 Å². The van der Waals surface area contributed by atoms with Gasteiger partial charge < -0.3 is 9.64 Å². The van der Waals surface area contributed by atoms with Gasteiger partial charge in [0.05, 0.1) is 22.4 Å². The smallest absolute Gasteiger partial charge is 0.243 e. The van der Waals surface area contributed by atoms with E-state index in [9.17, 15) is 13.2 Å². The summed E-state index contributed by atoms with van der Waals surface area (Å²) in [5.41, 5.74) is 0. The number of ether oxygens (including phenoxy) is 1. The van der Waals surface area contributed by atoms with Crippen LogP contribution in [0.5, 0.6) is 5.75 Å². The second kappa shape index (κ2) is 9.01. The molecule has 156 valence electrons. The van der Waals surface area contributed by atoms with Crippen molar-refractivity contribution in [1.82, 2.24) is 9.21 Å². The van der Waals surface area contributed by atoms with Gasteiger partial charge >= 0.3 is 0 Å². The zero-order chi connectivity index (χ0) is 20.3. The van der Waals surface area contributed by atoms with E-state index >= 15 is 0 Å². The van der Waals surface area contributed by atoms with Crippen molar-refractivity contribution in [3.8, 4) is 5.75 Å². The fourth-order valence-electron chi connectivity index (χ4n) is 3.91. The largest absolute Gasteiger partial charge is 0.492 e. The quantitative estimate of drug-likeness (QED) is 0.720. The van der Waals surface area contributed by atoms with Gasteiger partial charge in [-0.2, -0.15) is 4.31 Å². The van der Waals surface area contributed by atoms with Gasteiger partial charge in [-0.15, -0.1) is 0 Å². The lowest BCUT2D eigenvalue weighted by molar-refractivity contribution is -0.138. The molecule has 3 rings (SSSR count). The predicted octanol–water partition coefficient (Wildman–Crippen LogP) is 3.40. The van der Waals surface area contributed by atoms with Crippen molar-refractivity contribution in [2.75, 3.05) is 32.8 Å². The van der Waals surface area contributed by atoms with Crippen molar-refractivity contribution in [1.29, 1.82) is 0 Å². The van der Waals surface area contributed by atoms with Crippen LogP contribution >= 0.6 is 11.6 Å². The van der Waals surface area contributed by atoms with E-state index in [1.165, 1.54) is 16.4 Å². The van der Waals surface area contributed by atoms with Crippen molar-refractivity contribution in [3.05, 3.63) is 23.2 Å². The van der Waals surface area contributed by atoms with E-state index in [1.54, 1.807) is 6.07 Å². The van der Waals surface area contributed by atoms with Gasteiger partial charge in [-0.05, 0) is 56.7 Å². The monoisotopic (exact) mass is 428 g/mol. The van der Waals surface area contributed by atoms with Crippen LogP contribution in [0.3, 0.4) is 0 Å². The van der Waals surface area contributed by atoms with Crippen molar-refractivity contribution in [2.24, 2.45) is 11.8 Å². The van der Waals surface area contributed by atoms with Crippen molar-refractivity contribution >= 4 is 27.5 Å². The van der Waals surface area contributed by atoms with Gasteiger partial charge in [-0.3, -0.25) is 4.79 Å². The Balaban J connectivity index is 1.72. The number of amides is 1. The maximum atomic E-state index is 13.1. The standard InChI is InChI=1S/C20H29ClN2O4S/c1-3-27-19-7-6-17(13-18(19)21)28(25,26)23-10-4-5-16(14-23)20(24)22-11-8-15(2)9-12-22/h6-7,13,15-16H,3-5,8-12,14H2,1-2H3/t16-/m1/s1. The fourth-order valence-corrected chi connectivity index (χ4v) is 5.76. The Morgan fingerprint density at radius 2 is 1.93 bits per heavy atom. The van der Waals surface area contributed by atoms with Crippen LogP contribution in [0.25, 0.3) is 0 Å². The molecular formula is C20H29ClN2O4S. The summed E-state index contributed by atoms with van der Waals surface area (Å²) >= 11 is 6.18. The summed E-state index contributed by atoms with van der Waals surface area (Å²) in [5, 5.41) is 0.273. The summed E-state index contributed by atoms with van der Waals surface area (Å²) in [5.74, 6) is 0.942. The van der Waals surface area contributed by atoms with Gasteiger partial charge in [0, 0.05) is 26.2 Å². The molecule has 8 heteroatoms. The van der Waals surface area contributed by atoms with E-state index in [1.807, 2.05) is 11.8 Å². The van der Waals surface area contributed by atoms with E-state index in [4.69, 9.17) is 16.3 Å². The summed E-state index contributed by atoms with van der Waals surface area (Å²) in [6.07, 6.45) is 3.46. The van der Waals surface area contributed by atoms with Crippen LogP contribution in [0.4, 0.5) is 0 Å². The van der Waals surface area contributed by atoms with Crippen molar-refractivity contribution in [3.63, 3.8) is 0 Å². The second-order valence-corrected chi connectivity index (χ2v) is 10.1. The fraction of sp³-hybridized carbons (Fsp3) is 0.650. The molecule has 0 N–H and O–H groups in total. The summed E-state index contributed by atoms with van der Waals surface area (Å²) in [4.78, 5) is 15.0. The predicted molar refractivity (Wildman–Crippen MR) is 109 cm³/mol. The van der Waals surface area contributed by atoms with Crippen LogP contribution in [0.15, 0.2) is 23.1 Å². The average Bonchev–Trinajstić information content (AvgIpc) is 2.69. The number of piperidine rings is 2. The molecule has 2 aliphatic heterocycles. The molecule has 0 bridgehead atoms. The van der Waals surface area contributed by atoms with Crippen LogP contribution in [-0.2, 0) is 14.8 Å². The van der Waals surface area contributed by atoms with Gasteiger partial charge in [0.2, 0.25) is 15.9 Å². The zero-order valence-corrected chi connectivity index (χ0v) is 18.1. The molecule has 0 aromatic heterocycles. The summed E-state index contributed by atoms with van der Waals surface area (Å²) < 4.78 is 33.0. The zero-order valence-electron chi connectivity index (χ0n) is 16.6. The summed E-state index contributed by atoms with van der Waals surface area (Å²) in [6.45, 7) is 6.71. The molecule has 0 unspecified atom stereocenters. The Kier molecular flexibility index (Phi) is 6.89. The Bertz CT molecular complexity index is 806. The number of benzene rings is 1. The molecule has 0 radical (unpaired) electrons. The molecular weight excluding hydrogens is 400 g/mol. The molecule has 1 aromatic rings. The molecule has 2 heterocycles. The number of hydrogen-bond acceptors (Lipinski definition) is 4. The van der Waals surface area contributed by atoms with E-state index in [2.05, 4.69) is 6.92 Å². The van der Waals surface area contributed by atoms with E-state index in [0.717, 1.165) is 32.4 Å². The minimum atomic E-state index is -3.70. The van der Waals surface area contributed by atoms with Gasteiger partial charge in [0.25, 0.3) is 0 Å². The number of likely N-dealkylation sites (tertiary alicyclic amines) is 1. The third-order valence-corrected chi connectivity index (χ3v) is 7.83. The highest BCUT2D eigenvalue weighted by atomic mass is 35.5. The summed E-state index contributed by atoms with van der Waals surface area (Å²) in [7, 11) is -3.70. The Hall–Kier alpha value is -1.31. The third kappa shape index (κ3) is 4.63. The number of carbonyl (C=O) groups is 1. The SMILES string of the molecule is CCOc1ccc(S(=O)(=O)N2CCC[C@@H](C(=O)N3CCC(C)CC3)C2)cc1Cl. The number of rotatable bonds is 5. The molecule has 1 amide bonds. The first-order valence-electron chi connectivity index (χ1n) is 10.0. The minimum absolute atomic E-state index is 0.0940. The topological polar surface area (TPSA) is 66.9 Å². The van der Waals surface area contributed by atoms with Gasteiger partial charge in [-0.25, -0.2) is 8.42 Å². The number of nitrogens with zero attached hydrogens (tertiary/aromatic N) is 2. The van der Waals surface area contributed by atoms with Crippen LogP contribution in [-0.4, -0.2) is 56.3 Å². The van der Waals surface area contributed by atoms with Gasteiger partial charge in [-0.1, -0.05) is 18.5 Å². The molecule has 2 fully saturated rings. The normalized spacial score (nSPS) is 22.2. The third-order valence-electron chi connectivity index (χ3n) is 5.67. The first kappa shape index (κ1) is 21.4. The Morgan fingerprint density at radius 1 is 1.21 bits per heavy atom. The van der Waals surface area contributed by atoms with E-state index < -0.39 is 10.0 Å². The molecule has 2 saturated heterocycles. The first-order chi connectivity index (χ1) is 13.3. The summed E-state index contributed by atoms with van der Waals surface area (Å²) in [6, 6.07) is 4.53. The highest BCUT2D eigenvalue weighted by Gasteiger charge is 2.36. The molecule has 0 saturated carbocycles. The highest BCUT2D eigenvalue weighted by Crippen LogP contribution is 2.31. The number of hydrogen-bond donors (Lipinski definition) is 0. The van der Waals surface area contributed by atoms with Crippen LogP contribution in [0.2, 0.25) is 5.02 Å². The molecule has 2 aliphatic rings. The molecule has 1 atom stereocenters. The highest BCUT2D eigenvalue weighted by molar-refractivity contribution is 7.89. The van der Waals surface area contributed by atoms with Gasteiger partial charge in [0.1, 0.15) is 5.75 Å². The van der Waals surface area contributed by atoms with E-state index in [-0.39, 0.29) is 28.3 Å². The molecule has 28 heavy (non-hydrogen) atoms. The Labute approximate surface area is 172 Å². The number of carbonyl (C=O) groups excluding carboxylic acids is 1.